The highest BCUT2D eigenvalue weighted by atomic mass is 19.3. The van der Waals surface area contributed by atoms with E-state index < -0.39 is 12.2 Å². The number of fused-ring (bicyclic) bond motifs is 1. The maximum atomic E-state index is 13.8. The Hall–Kier alpha value is -3.80. The van der Waals surface area contributed by atoms with E-state index in [0.29, 0.717) is 43.1 Å². The zero-order chi connectivity index (χ0) is 21.2. The molecule has 1 saturated heterocycles. The summed E-state index contributed by atoms with van der Waals surface area (Å²) in [7, 11) is 0. The maximum absolute atomic E-state index is 13.8. The van der Waals surface area contributed by atoms with Crippen LogP contribution in [-0.2, 0) is 4.74 Å². The highest BCUT2D eigenvalue weighted by molar-refractivity contribution is 5.77. The van der Waals surface area contributed by atoms with E-state index in [1.165, 1.54) is 23.3 Å². The molecule has 0 atom stereocenters. The number of aromatic nitrogens is 7. The van der Waals surface area contributed by atoms with Crippen LogP contribution in [-0.4, -0.2) is 60.8 Å². The first-order chi connectivity index (χ1) is 15.2. The molecule has 1 aromatic carbocycles. The van der Waals surface area contributed by atoms with Gasteiger partial charge in [-0.3, -0.25) is 4.57 Å². The lowest BCUT2D eigenvalue weighted by Gasteiger charge is -2.27. The maximum Gasteiger partial charge on any atom is 0.328 e. The minimum atomic E-state index is -2.83. The fraction of sp³-hybridized carbons (Fsp3) is 0.263. The van der Waals surface area contributed by atoms with Crippen molar-refractivity contribution in [2.45, 2.75) is 6.43 Å². The Balaban J connectivity index is 1.66. The second-order valence-electron chi connectivity index (χ2n) is 6.59. The number of rotatable bonds is 5. The average molecular weight is 426 g/mol. The van der Waals surface area contributed by atoms with Gasteiger partial charge < -0.3 is 14.4 Å². The third-order valence-corrected chi connectivity index (χ3v) is 4.61. The third-order valence-electron chi connectivity index (χ3n) is 4.61. The van der Waals surface area contributed by atoms with Crippen LogP contribution >= 0.6 is 0 Å². The van der Waals surface area contributed by atoms with Crippen LogP contribution < -0.4 is 9.64 Å². The molecule has 3 aromatic heterocycles. The molecule has 1 aliphatic rings. The Bertz CT molecular complexity index is 1200. The van der Waals surface area contributed by atoms with Gasteiger partial charge >= 0.3 is 6.01 Å². The Kier molecular flexibility index (Phi) is 5.04. The Labute approximate surface area is 174 Å². The molecule has 1 aliphatic heterocycles. The van der Waals surface area contributed by atoms with Crippen molar-refractivity contribution in [3.8, 4) is 17.7 Å². The smallest absolute Gasteiger partial charge is 0.328 e. The van der Waals surface area contributed by atoms with Crippen molar-refractivity contribution >= 4 is 17.0 Å². The van der Waals surface area contributed by atoms with Gasteiger partial charge in [0.1, 0.15) is 6.33 Å². The summed E-state index contributed by atoms with van der Waals surface area (Å²) in [6.07, 6.45) is 1.42. The first-order valence-corrected chi connectivity index (χ1v) is 9.46. The van der Waals surface area contributed by atoms with Gasteiger partial charge in [-0.05, 0) is 12.1 Å². The number of benzene rings is 1. The molecule has 4 aromatic rings. The average Bonchev–Trinajstić information content (AvgIpc) is 3.20. The number of anilines is 1. The largest absolute Gasteiger partial charge is 0.421 e. The van der Waals surface area contributed by atoms with Crippen molar-refractivity contribution < 1.29 is 18.3 Å². The normalized spacial score (nSPS) is 14.4. The van der Waals surface area contributed by atoms with Gasteiger partial charge in [0, 0.05) is 13.1 Å². The molecular formula is C19H16F2N8O2. The summed E-state index contributed by atoms with van der Waals surface area (Å²) in [6, 6.07) is 6.72. The topological polar surface area (TPSA) is 104 Å². The third kappa shape index (κ3) is 3.84. The predicted octanol–water partition coefficient (Wildman–Crippen LogP) is 2.57. The standard InChI is InChI=1S/C19H16F2N8O2/c20-15(21)16-24-13-3-1-2-4-14(13)29(16)18-25-17(28-5-7-30-8-6-28)26-19(27-18)31-12-9-22-11-23-10-12/h1-4,9-11,15H,5-8H2. The number of imidazole rings is 1. The molecular weight excluding hydrogens is 410 g/mol. The van der Waals surface area contributed by atoms with Crippen molar-refractivity contribution in [1.82, 2.24) is 34.5 Å². The Morgan fingerprint density at radius 1 is 0.935 bits per heavy atom. The highest BCUT2D eigenvalue weighted by Crippen LogP contribution is 2.28. The zero-order valence-corrected chi connectivity index (χ0v) is 16.1. The molecule has 158 valence electrons. The van der Waals surface area contributed by atoms with E-state index >= 15 is 0 Å². The molecule has 0 spiro atoms. The quantitative estimate of drug-likeness (QED) is 0.476. The lowest BCUT2D eigenvalue weighted by Crippen LogP contribution is -2.37. The van der Waals surface area contributed by atoms with Crippen LogP contribution in [0.4, 0.5) is 14.7 Å². The molecule has 1 fully saturated rings. The number of alkyl halides is 2. The summed E-state index contributed by atoms with van der Waals surface area (Å²) in [4.78, 5) is 26.8. The van der Waals surface area contributed by atoms with Gasteiger partial charge in [0.05, 0.1) is 36.6 Å². The fourth-order valence-corrected chi connectivity index (χ4v) is 3.23. The number of hydrogen-bond donors (Lipinski definition) is 0. The second-order valence-corrected chi connectivity index (χ2v) is 6.59. The van der Waals surface area contributed by atoms with Crippen LogP contribution in [0.5, 0.6) is 11.8 Å². The van der Waals surface area contributed by atoms with Crippen molar-refractivity contribution in [1.29, 1.82) is 0 Å². The SMILES string of the molecule is FC(F)c1nc2ccccc2n1-c1nc(Oc2cncnc2)nc(N2CCOCC2)n1. The Morgan fingerprint density at radius 3 is 2.45 bits per heavy atom. The lowest BCUT2D eigenvalue weighted by molar-refractivity contribution is 0.122. The number of hydrogen-bond acceptors (Lipinski definition) is 9. The van der Waals surface area contributed by atoms with Crippen LogP contribution in [0.2, 0.25) is 0 Å². The van der Waals surface area contributed by atoms with E-state index in [-0.39, 0.29) is 17.9 Å². The van der Waals surface area contributed by atoms with E-state index in [1.54, 1.807) is 24.3 Å². The summed E-state index contributed by atoms with van der Waals surface area (Å²) in [6.45, 7) is 2.09. The van der Waals surface area contributed by atoms with Crippen molar-refractivity contribution in [2.75, 3.05) is 31.2 Å². The summed E-state index contributed by atoms with van der Waals surface area (Å²) < 4.78 is 39.9. The van der Waals surface area contributed by atoms with Crippen molar-refractivity contribution in [3.05, 3.63) is 48.8 Å². The molecule has 31 heavy (non-hydrogen) atoms. The summed E-state index contributed by atoms with van der Waals surface area (Å²) in [5.41, 5.74) is 0.857. The molecule has 0 bridgehead atoms. The number of nitrogens with zero attached hydrogens (tertiary/aromatic N) is 8. The minimum Gasteiger partial charge on any atom is -0.421 e. The number of halogens is 2. The molecule has 4 heterocycles. The van der Waals surface area contributed by atoms with Crippen molar-refractivity contribution in [3.63, 3.8) is 0 Å². The summed E-state index contributed by atoms with van der Waals surface area (Å²) >= 11 is 0. The van der Waals surface area contributed by atoms with Gasteiger partial charge in [0.25, 0.3) is 6.43 Å². The predicted molar refractivity (Wildman–Crippen MR) is 105 cm³/mol. The van der Waals surface area contributed by atoms with Crippen LogP contribution in [0.25, 0.3) is 17.0 Å². The van der Waals surface area contributed by atoms with E-state index in [1.807, 2.05) is 4.90 Å². The van der Waals surface area contributed by atoms with Crippen LogP contribution in [0, 0.1) is 0 Å². The molecule has 10 nitrogen and oxygen atoms in total. The van der Waals surface area contributed by atoms with Crippen LogP contribution in [0.3, 0.4) is 0 Å². The van der Waals surface area contributed by atoms with Gasteiger partial charge in [-0.1, -0.05) is 12.1 Å². The number of morpholine rings is 1. The molecule has 0 amide bonds. The number of para-hydroxylation sites is 2. The van der Waals surface area contributed by atoms with Crippen molar-refractivity contribution in [2.24, 2.45) is 0 Å². The minimum absolute atomic E-state index is 0.0210. The molecule has 0 radical (unpaired) electrons. The Morgan fingerprint density at radius 2 is 1.68 bits per heavy atom. The lowest BCUT2D eigenvalue weighted by atomic mass is 10.3. The van der Waals surface area contributed by atoms with Gasteiger partial charge in [-0.2, -0.15) is 15.0 Å². The van der Waals surface area contributed by atoms with Crippen LogP contribution in [0.15, 0.2) is 43.0 Å². The van der Waals surface area contributed by atoms with Gasteiger partial charge in [0.15, 0.2) is 11.6 Å². The molecule has 0 N–H and O–H groups in total. The highest BCUT2D eigenvalue weighted by Gasteiger charge is 2.24. The van der Waals surface area contributed by atoms with Crippen LogP contribution in [0.1, 0.15) is 12.2 Å². The van der Waals surface area contributed by atoms with E-state index in [4.69, 9.17) is 9.47 Å². The summed E-state index contributed by atoms with van der Waals surface area (Å²) in [5, 5.41) is 0. The first kappa shape index (κ1) is 19.2. The zero-order valence-electron chi connectivity index (χ0n) is 16.1. The van der Waals surface area contributed by atoms with Gasteiger partial charge in [-0.15, -0.1) is 0 Å². The fourth-order valence-electron chi connectivity index (χ4n) is 3.23. The first-order valence-electron chi connectivity index (χ1n) is 9.46. The van der Waals surface area contributed by atoms with E-state index in [2.05, 4.69) is 29.9 Å². The molecule has 0 saturated carbocycles. The van der Waals surface area contributed by atoms with E-state index in [0.717, 1.165) is 0 Å². The second kappa shape index (κ2) is 8.14. The molecule has 12 heteroatoms. The van der Waals surface area contributed by atoms with E-state index in [9.17, 15) is 8.78 Å². The monoisotopic (exact) mass is 426 g/mol. The molecule has 0 aliphatic carbocycles. The summed E-state index contributed by atoms with van der Waals surface area (Å²) in [5.74, 6) is 0.108. The van der Waals surface area contributed by atoms with Gasteiger partial charge in [-0.25, -0.2) is 23.7 Å². The molecule has 0 unspecified atom stereocenters. The molecule has 5 rings (SSSR count). The van der Waals surface area contributed by atoms with Gasteiger partial charge in [0.2, 0.25) is 11.9 Å². The number of ether oxygens (including phenoxy) is 2.